The highest BCUT2D eigenvalue weighted by molar-refractivity contribution is 5.83. The zero-order chi connectivity index (χ0) is 19.8. The summed E-state index contributed by atoms with van der Waals surface area (Å²) in [6.07, 6.45) is 4.40. The molecule has 6 heteroatoms. The predicted molar refractivity (Wildman–Crippen MR) is 103 cm³/mol. The van der Waals surface area contributed by atoms with Crippen LogP contribution >= 0.6 is 0 Å². The van der Waals surface area contributed by atoms with Gasteiger partial charge in [-0.15, -0.1) is 0 Å². The highest BCUT2D eigenvalue weighted by Gasteiger charge is 2.26. The number of benzene rings is 1. The Morgan fingerprint density at radius 1 is 1.15 bits per heavy atom. The maximum absolute atomic E-state index is 12.3. The lowest BCUT2D eigenvalue weighted by molar-refractivity contribution is -0.155. The van der Waals surface area contributed by atoms with Crippen molar-refractivity contribution in [1.29, 1.82) is 0 Å². The van der Waals surface area contributed by atoms with Gasteiger partial charge in [0, 0.05) is 12.5 Å². The van der Waals surface area contributed by atoms with Gasteiger partial charge in [0.15, 0.2) is 17.6 Å². The van der Waals surface area contributed by atoms with Crippen molar-refractivity contribution in [3.8, 4) is 11.5 Å². The highest BCUT2D eigenvalue weighted by atomic mass is 16.5. The van der Waals surface area contributed by atoms with Gasteiger partial charge in [-0.1, -0.05) is 25.8 Å². The summed E-state index contributed by atoms with van der Waals surface area (Å²) < 4.78 is 15.8. The second kappa shape index (κ2) is 10.2. The number of aryl methyl sites for hydroxylation is 1. The smallest absolute Gasteiger partial charge is 0.306 e. The van der Waals surface area contributed by atoms with Crippen molar-refractivity contribution in [3.05, 3.63) is 23.8 Å². The first-order valence-corrected chi connectivity index (χ1v) is 9.65. The van der Waals surface area contributed by atoms with Gasteiger partial charge in [-0.2, -0.15) is 0 Å². The molecule has 1 aliphatic carbocycles. The van der Waals surface area contributed by atoms with E-state index in [0.717, 1.165) is 24.8 Å². The number of hydrogen-bond acceptors (Lipinski definition) is 5. The molecule has 0 aromatic heterocycles. The molecule has 0 heterocycles. The predicted octanol–water partition coefficient (Wildman–Crippen LogP) is 3.26. The van der Waals surface area contributed by atoms with Crippen LogP contribution < -0.4 is 14.8 Å². The number of rotatable bonds is 8. The molecule has 0 spiro atoms. The minimum Gasteiger partial charge on any atom is -0.493 e. The summed E-state index contributed by atoms with van der Waals surface area (Å²) >= 11 is 0. The van der Waals surface area contributed by atoms with Gasteiger partial charge in [-0.25, -0.2) is 0 Å². The highest BCUT2D eigenvalue weighted by Crippen LogP contribution is 2.28. The van der Waals surface area contributed by atoms with Crippen LogP contribution in [0.25, 0.3) is 0 Å². The fraction of sp³-hybridized carbons (Fsp3) is 0.619. The lowest BCUT2D eigenvalue weighted by Crippen LogP contribution is -2.46. The van der Waals surface area contributed by atoms with Crippen molar-refractivity contribution in [2.75, 3.05) is 14.2 Å². The van der Waals surface area contributed by atoms with Gasteiger partial charge in [-0.05, 0) is 49.8 Å². The molecule has 0 saturated heterocycles. The van der Waals surface area contributed by atoms with Crippen LogP contribution in [-0.4, -0.2) is 38.2 Å². The standard InChI is InChI=1S/C21H31NO5/c1-14-7-5-6-8-17(14)22-21(24)15(2)27-20(23)12-10-16-9-11-18(25-3)19(13-16)26-4/h9,11,13-15,17H,5-8,10,12H2,1-4H3,(H,22,24)/t14-,15-,17-/m1/s1. The Labute approximate surface area is 161 Å². The fourth-order valence-electron chi connectivity index (χ4n) is 3.42. The van der Waals surface area contributed by atoms with Crippen LogP contribution in [-0.2, 0) is 20.7 Å². The molecule has 0 bridgehead atoms. The molecule has 1 amide bonds. The molecule has 27 heavy (non-hydrogen) atoms. The second-order valence-electron chi connectivity index (χ2n) is 7.20. The van der Waals surface area contributed by atoms with E-state index in [0.29, 0.717) is 23.8 Å². The van der Waals surface area contributed by atoms with Crippen LogP contribution in [0.5, 0.6) is 11.5 Å². The molecule has 150 valence electrons. The number of carbonyl (C=O) groups is 2. The quantitative estimate of drug-likeness (QED) is 0.704. The first kappa shape index (κ1) is 21.1. The van der Waals surface area contributed by atoms with Crippen molar-refractivity contribution >= 4 is 11.9 Å². The molecule has 1 fully saturated rings. The van der Waals surface area contributed by atoms with E-state index < -0.39 is 6.10 Å². The van der Waals surface area contributed by atoms with E-state index in [1.54, 1.807) is 27.2 Å². The normalized spacial score (nSPS) is 20.4. The summed E-state index contributed by atoms with van der Waals surface area (Å²) in [4.78, 5) is 24.4. The molecule has 2 rings (SSSR count). The zero-order valence-corrected chi connectivity index (χ0v) is 16.7. The Morgan fingerprint density at radius 3 is 2.52 bits per heavy atom. The molecule has 6 nitrogen and oxygen atoms in total. The lowest BCUT2D eigenvalue weighted by Gasteiger charge is -2.30. The van der Waals surface area contributed by atoms with Gasteiger partial charge in [-0.3, -0.25) is 9.59 Å². The van der Waals surface area contributed by atoms with Gasteiger partial charge in [0.2, 0.25) is 0 Å². The van der Waals surface area contributed by atoms with E-state index >= 15 is 0 Å². The van der Waals surface area contributed by atoms with E-state index in [-0.39, 0.29) is 24.3 Å². The van der Waals surface area contributed by atoms with Crippen LogP contribution in [0.4, 0.5) is 0 Å². The van der Waals surface area contributed by atoms with Gasteiger partial charge in [0.25, 0.3) is 5.91 Å². The maximum atomic E-state index is 12.3. The van der Waals surface area contributed by atoms with Crippen LogP contribution in [0, 0.1) is 5.92 Å². The minimum absolute atomic E-state index is 0.180. The number of methoxy groups -OCH3 is 2. The average molecular weight is 377 g/mol. The summed E-state index contributed by atoms with van der Waals surface area (Å²) in [5.41, 5.74) is 0.942. The summed E-state index contributed by atoms with van der Waals surface area (Å²) in [5.74, 6) is 1.14. The number of nitrogens with one attached hydrogen (secondary N) is 1. The zero-order valence-electron chi connectivity index (χ0n) is 16.7. The number of amides is 1. The summed E-state index contributed by atoms with van der Waals surface area (Å²) in [5, 5.41) is 3.03. The molecule has 1 aromatic rings. The van der Waals surface area contributed by atoms with Crippen LogP contribution in [0.2, 0.25) is 0 Å². The third-order valence-corrected chi connectivity index (χ3v) is 5.18. The number of esters is 1. The fourth-order valence-corrected chi connectivity index (χ4v) is 3.42. The van der Waals surface area contributed by atoms with Crippen molar-refractivity contribution in [3.63, 3.8) is 0 Å². The first-order chi connectivity index (χ1) is 12.9. The Morgan fingerprint density at radius 2 is 1.85 bits per heavy atom. The Balaban J connectivity index is 1.79. The van der Waals surface area contributed by atoms with E-state index in [4.69, 9.17) is 14.2 Å². The van der Waals surface area contributed by atoms with Crippen molar-refractivity contribution in [2.24, 2.45) is 5.92 Å². The van der Waals surface area contributed by atoms with Crippen LogP contribution in [0.1, 0.15) is 51.5 Å². The Bertz CT molecular complexity index is 645. The Kier molecular flexibility index (Phi) is 7.95. The molecular weight excluding hydrogens is 346 g/mol. The van der Waals surface area contributed by atoms with Crippen molar-refractivity contribution < 1.29 is 23.8 Å². The Hall–Kier alpha value is -2.24. The monoisotopic (exact) mass is 377 g/mol. The van der Waals surface area contributed by atoms with Gasteiger partial charge < -0.3 is 19.5 Å². The number of ether oxygens (including phenoxy) is 3. The van der Waals surface area contributed by atoms with Gasteiger partial charge >= 0.3 is 5.97 Å². The topological polar surface area (TPSA) is 73.9 Å². The molecular formula is C21H31NO5. The molecule has 0 unspecified atom stereocenters. The summed E-state index contributed by atoms with van der Waals surface area (Å²) in [7, 11) is 3.15. The van der Waals surface area contributed by atoms with Crippen molar-refractivity contribution in [1.82, 2.24) is 5.32 Å². The molecule has 0 aliphatic heterocycles. The molecule has 1 N–H and O–H groups in total. The largest absolute Gasteiger partial charge is 0.493 e. The maximum Gasteiger partial charge on any atom is 0.306 e. The third-order valence-electron chi connectivity index (χ3n) is 5.18. The molecule has 1 aliphatic rings. The molecule has 0 radical (unpaired) electrons. The average Bonchev–Trinajstić information content (AvgIpc) is 2.67. The third kappa shape index (κ3) is 6.15. The summed E-state index contributed by atoms with van der Waals surface area (Å²) in [6, 6.07) is 5.71. The number of hydrogen-bond donors (Lipinski definition) is 1. The van der Waals surface area contributed by atoms with E-state index in [9.17, 15) is 9.59 Å². The van der Waals surface area contributed by atoms with Gasteiger partial charge in [0.05, 0.1) is 14.2 Å². The van der Waals surface area contributed by atoms with Crippen LogP contribution in [0.15, 0.2) is 18.2 Å². The van der Waals surface area contributed by atoms with Gasteiger partial charge in [0.1, 0.15) is 0 Å². The molecule has 3 atom stereocenters. The van der Waals surface area contributed by atoms with E-state index in [1.165, 1.54) is 6.42 Å². The minimum atomic E-state index is -0.781. The lowest BCUT2D eigenvalue weighted by atomic mass is 9.86. The summed E-state index contributed by atoms with van der Waals surface area (Å²) in [6.45, 7) is 3.78. The number of carbonyl (C=O) groups excluding carboxylic acids is 2. The second-order valence-corrected chi connectivity index (χ2v) is 7.20. The van der Waals surface area contributed by atoms with Crippen LogP contribution in [0.3, 0.4) is 0 Å². The SMILES string of the molecule is COc1ccc(CCC(=O)O[C@H](C)C(=O)N[C@@H]2CCCC[C@H]2C)cc1OC. The van der Waals surface area contributed by atoms with E-state index in [2.05, 4.69) is 12.2 Å². The van der Waals surface area contributed by atoms with E-state index in [1.807, 2.05) is 12.1 Å². The molecule has 1 aromatic carbocycles. The first-order valence-electron chi connectivity index (χ1n) is 9.65. The molecule has 1 saturated carbocycles. The van der Waals surface area contributed by atoms with Crippen molar-refractivity contribution in [2.45, 2.75) is 64.5 Å².